The SMILES string of the molecule is Cc1ccc(C=C(O)[C@H](O)[C@@H](O)[C@H](O)CO)cc1. The van der Waals surface area contributed by atoms with Gasteiger partial charge >= 0.3 is 0 Å². The van der Waals surface area contributed by atoms with Gasteiger partial charge in [0.1, 0.15) is 24.1 Å². The van der Waals surface area contributed by atoms with Gasteiger partial charge in [-0.2, -0.15) is 0 Å². The molecule has 0 aliphatic heterocycles. The van der Waals surface area contributed by atoms with Gasteiger partial charge in [0.15, 0.2) is 0 Å². The zero-order valence-corrected chi connectivity index (χ0v) is 10.1. The highest BCUT2D eigenvalue weighted by Crippen LogP contribution is 2.13. The summed E-state index contributed by atoms with van der Waals surface area (Å²) >= 11 is 0. The van der Waals surface area contributed by atoms with Crippen molar-refractivity contribution in [3.05, 3.63) is 41.2 Å². The Morgan fingerprint density at radius 1 is 1.17 bits per heavy atom. The number of rotatable bonds is 5. The van der Waals surface area contributed by atoms with E-state index in [1.165, 1.54) is 6.08 Å². The number of aliphatic hydroxyl groups is 5. The van der Waals surface area contributed by atoms with Crippen molar-refractivity contribution in [2.75, 3.05) is 6.61 Å². The summed E-state index contributed by atoms with van der Waals surface area (Å²) in [6.07, 6.45) is -3.50. The summed E-state index contributed by atoms with van der Waals surface area (Å²) < 4.78 is 0. The Labute approximate surface area is 105 Å². The molecule has 0 aliphatic carbocycles. The van der Waals surface area contributed by atoms with E-state index in [2.05, 4.69) is 0 Å². The minimum atomic E-state index is -1.64. The molecule has 0 saturated heterocycles. The average Bonchev–Trinajstić information content (AvgIpc) is 2.38. The van der Waals surface area contributed by atoms with Crippen LogP contribution in [0.1, 0.15) is 11.1 Å². The van der Waals surface area contributed by atoms with Gasteiger partial charge in [-0.15, -0.1) is 0 Å². The third kappa shape index (κ3) is 3.82. The molecule has 18 heavy (non-hydrogen) atoms. The first-order valence-corrected chi connectivity index (χ1v) is 5.58. The zero-order chi connectivity index (χ0) is 13.7. The standard InChI is InChI=1S/C13H18O5/c1-8-2-4-9(5-3-8)6-10(15)12(17)13(18)11(16)7-14/h2-6,11-18H,7H2,1H3/t11-,12+,13+/m1/s1. The molecule has 1 rings (SSSR count). The van der Waals surface area contributed by atoms with Crippen LogP contribution in [0.5, 0.6) is 0 Å². The predicted molar refractivity (Wildman–Crippen MR) is 66.9 cm³/mol. The van der Waals surface area contributed by atoms with E-state index in [4.69, 9.17) is 10.2 Å². The summed E-state index contributed by atoms with van der Waals surface area (Å²) in [6.45, 7) is 1.22. The molecular weight excluding hydrogens is 236 g/mol. The summed E-state index contributed by atoms with van der Waals surface area (Å²) in [6, 6.07) is 7.16. The van der Waals surface area contributed by atoms with Crippen LogP contribution in [-0.2, 0) is 0 Å². The van der Waals surface area contributed by atoms with Crippen molar-refractivity contribution in [2.24, 2.45) is 0 Å². The second kappa shape index (κ2) is 6.51. The lowest BCUT2D eigenvalue weighted by molar-refractivity contribution is -0.0735. The van der Waals surface area contributed by atoms with Crippen LogP contribution in [0.25, 0.3) is 6.08 Å². The second-order valence-corrected chi connectivity index (χ2v) is 4.17. The van der Waals surface area contributed by atoms with Gasteiger partial charge < -0.3 is 25.5 Å². The van der Waals surface area contributed by atoms with Crippen molar-refractivity contribution >= 4 is 6.08 Å². The summed E-state index contributed by atoms with van der Waals surface area (Å²) in [5.41, 5.74) is 1.71. The van der Waals surface area contributed by atoms with Gasteiger partial charge in [0.2, 0.25) is 0 Å². The number of benzene rings is 1. The van der Waals surface area contributed by atoms with Crippen LogP contribution in [0.2, 0.25) is 0 Å². The van der Waals surface area contributed by atoms with Crippen LogP contribution in [0.4, 0.5) is 0 Å². The van der Waals surface area contributed by atoms with Gasteiger partial charge in [0, 0.05) is 0 Å². The molecule has 0 radical (unpaired) electrons. The Kier molecular flexibility index (Phi) is 5.30. The summed E-state index contributed by atoms with van der Waals surface area (Å²) in [7, 11) is 0. The van der Waals surface area contributed by atoms with Crippen molar-refractivity contribution in [2.45, 2.75) is 25.2 Å². The lowest BCUT2D eigenvalue weighted by atomic mass is 10.0. The molecule has 5 N–H and O–H groups in total. The first kappa shape index (κ1) is 14.7. The highest BCUT2D eigenvalue weighted by Gasteiger charge is 2.26. The minimum Gasteiger partial charge on any atom is -0.509 e. The molecule has 0 aromatic heterocycles. The fourth-order valence-corrected chi connectivity index (χ4v) is 1.41. The molecule has 0 amide bonds. The van der Waals surface area contributed by atoms with Gasteiger partial charge in [-0.05, 0) is 18.6 Å². The van der Waals surface area contributed by atoms with E-state index in [1.807, 2.05) is 19.1 Å². The van der Waals surface area contributed by atoms with Crippen molar-refractivity contribution in [1.82, 2.24) is 0 Å². The summed E-state index contributed by atoms with van der Waals surface area (Å²) in [5, 5.41) is 46.4. The molecule has 0 unspecified atom stereocenters. The van der Waals surface area contributed by atoms with Gasteiger partial charge in [-0.3, -0.25) is 0 Å². The maximum atomic E-state index is 9.61. The van der Waals surface area contributed by atoms with Gasteiger partial charge in [-0.25, -0.2) is 0 Å². The first-order valence-electron chi connectivity index (χ1n) is 5.58. The Morgan fingerprint density at radius 3 is 2.22 bits per heavy atom. The Morgan fingerprint density at radius 2 is 1.72 bits per heavy atom. The van der Waals surface area contributed by atoms with Crippen LogP contribution in [0.3, 0.4) is 0 Å². The summed E-state index contributed by atoms with van der Waals surface area (Å²) in [5.74, 6) is -0.473. The number of hydrogen-bond donors (Lipinski definition) is 5. The fraction of sp³-hybridized carbons (Fsp3) is 0.385. The molecular formula is C13H18O5. The highest BCUT2D eigenvalue weighted by molar-refractivity contribution is 5.52. The van der Waals surface area contributed by atoms with Crippen LogP contribution in [-0.4, -0.2) is 50.5 Å². The number of hydrogen-bond acceptors (Lipinski definition) is 5. The van der Waals surface area contributed by atoms with Crippen LogP contribution >= 0.6 is 0 Å². The van der Waals surface area contributed by atoms with Crippen LogP contribution < -0.4 is 0 Å². The van der Waals surface area contributed by atoms with Gasteiger partial charge in [0.05, 0.1) is 6.61 Å². The van der Waals surface area contributed by atoms with E-state index in [1.54, 1.807) is 12.1 Å². The third-order valence-corrected chi connectivity index (χ3v) is 2.60. The quantitative estimate of drug-likeness (QED) is 0.475. The van der Waals surface area contributed by atoms with Gasteiger partial charge in [-0.1, -0.05) is 29.8 Å². The average molecular weight is 254 g/mol. The topological polar surface area (TPSA) is 101 Å². The molecule has 0 saturated carbocycles. The zero-order valence-electron chi connectivity index (χ0n) is 10.1. The van der Waals surface area contributed by atoms with Gasteiger partial charge in [0.25, 0.3) is 0 Å². The third-order valence-electron chi connectivity index (χ3n) is 2.60. The molecule has 0 heterocycles. The second-order valence-electron chi connectivity index (χ2n) is 4.17. The van der Waals surface area contributed by atoms with E-state index in [0.29, 0.717) is 5.56 Å². The van der Waals surface area contributed by atoms with E-state index in [9.17, 15) is 15.3 Å². The van der Waals surface area contributed by atoms with E-state index in [0.717, 1.165) is 5.56 Å². The van der Waals surface area contributed by atoms with E-state index < -0.39 is 30.7 Å². The Bertz CT molecular complexity index is 398. The maximum absolute atomic E-state index is 9.61. The molecule has 100 valence electrons. The molecule has 0 spiro atoms. The molecule has 0 fully saturated rings. The Hall–Kier alpha value is -1.40. The largest absolute Gasteiger partial charge is 0.509 e. The lowest BCUT2D eigenvalue weighted by Crippen LogP contribution is -2.40. The van der Waals surface area contributed by atoms with Crippen molar-refractivity contribution < 1.29 is 25.5 Å². The summed E-state index contributed by atoms with van der Waals surface area (Å²) in [4.78, 5) is 0. The predicted octanol–water partition coefficient (Wildman–Crippen LogP) is -0.0311. The maximum Gasteiger partial charge on any atom is 0.139 e. The van der Waals surface area contributed by atoms with Crippen molar-refractivity contribution in [1.29, 1.82) is 0 Å². The molecule has 5 heteroatoms. The lowest BCUT2D eigenvalue weighted by Gasteiger charge is -2.20. The highest BCUT2D eigenvalue weighted by atomic mass is 16.4. The molecule has 1 aromatic rings. The first-order chi connectivity index (χ1) is 8.45. The molecule has 5 nitrogen and oxygen atoms in total. The normalized spacial score (nSPS) is 17.3. The van der Waals surface area contributed by atoms with Crippen LogP contribution in [0, 0.1) is 6.92 Å². The van der Waals surface area contributed by atoms with E-state index >= 15 is 0 Å². The monoisotopic (exact) mass is 254 g/mol. The van der Waals surface area contributed by atoms with E-state index in [-0.39, 0.29) is 0 Å². The molecule has 0 aliphatic rings. The molecule has 1 aromatic carbocycles. The van der Waals surface area contributed by atoms with Crippen molar-refractivity contribution in [3.8, 4) is 0 Å². The smallest absolute Gasteiger partial charge is 0.139 e. The minimum absolute atomic E-state index is 0.473. The molecule has 3 atom stereocenters. The van der Waals surface area contributed by atoms with Crippen LogP contribution in [0.15, 0.2) is 30.0 Å². The fourth-order valence-electron chi connectivity index (χ4n) is 1.41. The number of aliphatic hydroxyl groups excluding tert-OH is 5. The molecule has 0 bridgehead atoms. The van der Waals surface area contributed by atoms with Crippen molar-refractivity contribution in [3.63, 3.8) is 0 Å². The Balaban J connectivity index is 2.79. The number of aryl methyl sites for hydroxylation is 1.